The van der Waals surface area contributed by atoms with Gasteiger partial charge in [-0.15, -0.1) is 0 Å². The summed E-state index contributed by atoms with van der Waals surface area (Å²) < 4.78 is 0. The van der Waals surface area contributed by atoms with Gasteiger partial charge in [-0.3, -0.25) is 9.59 Å². The van der Waals surface area contributed by atoms with Crippen LogP contribution in [0.2, 0.25) is 5.02 Å². The minimum absolute atomic E-state index is 0.0431. The van der Waals surface area contributed by atoms with Crippen molar-refractivity contribution in [2.45, 2.75) is 38.1 Å². The molecular weight excluding hydrogens is 432 g/mol. The maximum Gasteiger partial charge on any atom is 0.255 e. The molecule has 1 saturated heterocycles. The highest BCUT2D eigenvalue weighted by Gasteiger charge is 2.40. The van der Waals surface area contributed by atoms with Gasteiger partial charge in [-0.1, -0.05) is 60.1 Å². The summed E-state index contributed by atoms with van der Waals surface area (Å²) in [4.78, 5) is 28.9. The Morgan fingerprint density at radius 3 is 2.45 bits per heavy atom. The third-order valence-electron chi connectivity index (χ3n) is 6.84. The van der Waals surface area contributed by atoms with Crippen molar-refractivity contribution in [1.82, 2.24) is 4.90 Å². The molecule has 168 valence electrons. The number of likely N-dealkylation sites (tertiary alicyclic amines) is 1. The van der Waals surface area contributed by atoms with Gasteiger partial charge < -0.3 is 10.2 Å². The van der Waals surface area contributed by atoms with Crippen molar-refractivity contribution in [2.24, 2.45) is 5.92 Å². The number of hydrogen-bond acceptors (Lipinski definition) is 2. The monoisotopic (exact) mass is 458 g/mol. The molecule has 5 heteroatoms. The van der Waals surface area contributed by atoms with Crippen LogP contribution in [0.3, 0.4) is 0 Å². The lowest BCUT2D eigenvalue weighted by atomic mass is 9.83. The normalized spacial score (nSPS) is 19.7. The zero-order valence-corrected chi connectivity index (χ0v) is 19.2. The van der Waals surface area contributed by atoms with Crippen LogP contribution < -0.4 is 5.32 Å². The molecule has 5 rings (SSSR count). The second-order valence-corrected chi connectivity index (χ2v) is 9.32. The van der Waals surface area contributed by atoms with Crippen molar-refractivity contribution in [3.05, 3.63) is 100 Å². The fourth-order valence-electron chi connectivity index (χ4n) is 5.23. The van der Waals surface area contributed by atoms with Crippen molar-refractivity contribution in [3.8, 4) is 0 Å². The van der Waals surface area contributed by atoms with Gasteiger partial charge in [0.25, 0.3) is 5.91 Å². The van der Waals surface area contributed by atoms with Crippen LogP contribution in [0.4, 0.5) is 5.69 Å². The number of nitrogens with zero attached hydrogens (tertiary/aromatic N) is 1. The summed E-state index contributed by atoms with van der Waals surface area (Å²) in [5, 5.41) is 3.58. The second-order valence-electron chi connectivity index (χ2n) is 8.91. The Balaban J connectivity index is 1.46. The van der Waals surface area contributed by atoms with Gasteiger partial charge in [-0.2, -0.15) is 0 Å². The fourth-order valence-corrected chi connectivity index (χ4v) is 5.45. The Kier molecular flexibility index (Phi) is 6.19. The molecule has 2 amide bonds. The van der Waals surface area contributed by atoms with Gasteiger partial charge in [0.2, 0.25) is 5.91 Å². The van der Waals surface area contributed by atoms with E-state index in [-0.39, 0.29) is 23.8 Å². The lowest BCUT2D eigenvalue weighted by Gasteiger charge is -2.41. The topological polar surface area (TPSA) is 49.4 Å². The summed E-state index contributed by atoms with van der Waals surface area (Å²) in [7, 11) is 0. The Bertz CT molecular complexity index is 1180. The van der Waals surface area contributed by atoms with E-state index in [4.69, 9.17) is 11.6 Å². The Morgan fingerprint density at radius 2 is 1.64 bits per heavy atom. The first-order valence-corrected chi connectivity index (χ1v) is 12.0. The van der Waals surface area contributed by atoms with Crippen LogP contribution in [0.1, 0.15) is 52.4 Å². The van der Waals surface area contributed by atoms with Crippen molar-refractivity contribution >= 4 is 29.1 Å². The van der Waals surface area contributed by atoms with E-state index in [1.54, 1.807) is 12.1 Å². The lowest BCUT2D eigenvalue weighted by molar-refractivity contribution is -0.123. The number of carbonyl (C=O) groups excluding carboxylic acids is 2. The predicted octanol–water partition coefficient (Wildman–Crippen LogP) is 6.06. The number of anilines is 1. The van der Waals surface area contributed by atoms with Crippen molar-refractivity contribution in [1.29, 1.82) is 0 Å². The van der Waals surface area contributed by atoms with Crippen molar-refractivity contribution < 1.29 is 9.59 Å². The van der Waals surface area contributed by atoms with Gasteiger partial charge in [0, 0.05) is 12.2 Å². The number of rotatable bonds is 4. The fraction of sp³-hybridized carbons (Fsp3) is 0.286. The van der Waals surface area contributed by atoms with E-state index in [1.807, 2.05) is 53.4 Å². The Morgan fingerprint density at radius 1 is 0.879 bits per heavy atom. The predicted molar refractivity (Wildman–Crippen MR) is 131 cm³/mol. The highest BCUT2D eigenvalue weighted by Crippen LogP contribution is 2.38. The zero-order valence-electron chi connectivity index (χ0n) is 18.5. The minimum Gasteiger partial charge on any atom is -0.331 e. The van der Waals surface area contributed by atoms with Gasteiger partial charge in [-0.05, 0) is 73.1 Å². The molecule has 1 aliphatic carbocycles. The molecule has 3 aromatic carbocycles. The van der Waals surface area contributed by atoms with Crippen LogP contribution in [0.5, 0.6) is 0 Å². The first kappa shape index (κ1) is 21.7. The lowest BCUT2D eigenvalue weighted by Crippen LogP contribution is -2.46. The van der Waals surface area contributed by atoms with Crippen LogP contribution in [-0.4, -0.2) is 23.3 Å². The summed E-state index contributed by atoms with van der Waals surface area (Å²) in [6, 6.07) is 22.9. The van der Waals surface area contributed by atoms with E-state index < -0.39 is 0 Å². The van der Waals surface area contributed by atoms with Crippen LogP contribution in [0.15, 0.2) is 72.8 Å². The van der Waals surface area contributed by atoms with Crippen LogP contribution in [0, 0.1) is 5.92 Å². The first-order chi connectivity index (χ1) is 16.1. The van der Waals surface area contributed by atoms with E-state index in [0.717, 1.165) is 36.9 Å². The largest absolute Gasteiger partial charge is 0.331 e. The number of piperidine rings is 1. The molecule has 0 radical (unpaired) electrons. The highest BCUT2D eigenvalue weighted by atomic mass is 35.5. The van der Waals surface area contributed by atoms with E-state index >= 15 is 0 Å². The van der Waals surface area contributed by atoms with Gasteiger partial charge in [0.1, 0.15) is 0 Å². The molecule has 0 bridgehead atoms. The molecular formula is C28H27ClN2O2. The molecule has 2 aliphatic rings. The molecule has 1 N–H and O–H groups in total. The molecule has 0 saturated carbocycles. The maximum atomic E-state index is 13.6. The van der Waals surface area contributed by atoms with E-state index in [1.165, 1.54) is 17.5 Å². The molecule has 0 aromatic heterocycles. The number of benzene rings is 3. The van der Waals surface area contributed by atoms with Crippen LogP contribution >= 0.6 is 11.6 Å². The second kappa shape index (κ2) is 9.40. The van der Waals surface area contributed by atoms with E-state index in [2.05, 4.69) is 17.4 Å². The molecule has 33 heavy (non-hydrogen) atoms. The minimum atomic E-state index is -0.349. The number of hydrogen-bond donors (Lipinski definition) is 1. The van der Waals surface area contributed by atoms with Gasteiger partial charge in [0.15, 0.2) is 0 Å². The SMILES string of the molecule is O=C(Nc1ccc2c(c1)CCC2)[C@H]1CCCN(C(=O)c2ccccc2Cl)[C@H]1c1ccccc1. The standard InChI is InChI=1S/C28H27ClN2O2/c29-25-14-5-4-12-23(25)28(33)31-17-7-13-24(26(31)20-8-2-1-3-9-20)27(32)30-22-16-15-19-10-6-11-21(19)18-22/h1-5,8-9,12,14-16,18,24,26H,6-7,10-11,13,17H2,(H,30,32)/t24-,26-/m0/s1. The van der Waals surface area contributed by atoms with Gasteiger partial charge >= 0.3 is 0 Å². The summed E-state index contributed by atoms with van der Waals surface area (Å²) >= 11 is 6.36. The molecule has 1 aliphatic heterocycles. The van der Waals surface area contributed by atoms with Gasteiger partial charge in [-0.25, -0.2) is 0 Å². The summed E-state index contributed by atoms with van der Waals surface area (Å²) in [5.74, 6) is -0.524. The number of amides is 2. The van der Waals surface area contributed by atoms with Crippen molar-refractivity contribution in [3.63, 3.8) is 0 Å². The van der Waals surface area contributed by atoms with E-state index in [0.29, 0.717) is 17.1 Å². The van der Waals surface area contributed by atoms with Crippen LogP contribution in [0.25, 0.3) is 0 Å². The van der Waals surface area contributed by atoms with Crippen molar-refractivity contribution in [2.75, 3.05) is 11.9 Å². The Labute approximate surface area is 199 Å². The van der Waals surface area contributed by atoms with Crippen LogP contribution in [-0.2, 0) is 17.6 Å². The molecule has 0 spiro atoms. The number of fused-ring (bicyclic) bond motifs is 1. The number of halogens is 1. The molecule has 1 fully saturated rings. The number of carbonyl (C=O) groups is 2. The molecule has 3 aromatic rings. The Hall–Kier alpha value is -3.11. The summed E-state index contributed by atoms with van der Waals surface area (Å²) in [5.41, 5.74) is 4.98. The molecule has 0 unspecified atom stereocenters. The quantitative estimate of drug-likeness (QED) is 0.516. The maximum absolute atomic E-state index is 13.6. The average Bonchev–Trinajstić information content (AvgIpc) is 3.32. The van der Waals surface area contributed by atoms with E-state index in [9.17, 15) is 9.59 Å². The number of aryl methyl sites for hydroxylation is 2. The molecule has 2 atom stereocenters. The zero-order chi connectivity index (χ0) is 22.8. The third-order valence-corrected chi connectivity index (χ3v) is 7.17. The first-order valence-electron chi connectivity index (χ1n) is 11.6. The average molecular weight is 459 g/mol. The molecule has 1 heterocycles. The summed E-state index contributed by atoms with van der Waals surface area (Å²) in [6.45, 7) is 0.590. The smallest absolute Gasteiger partial charge is 0.255 e. The third kappa shape index (κ3) is 4.40. The number of nitrogens with one attached hydrogen (secondary N) is 1. The summed E-state index contributed by atoms with van der Waals surface area (Å²) in [6.07, 6.45) is 4.84. The molecule has 4 nitrogen and oxygen atoms in total. The van der Waals surface area contributed by atoms with Gasteiger partial charge in [0.05, 0.1) is 22.5 Å². The highest BCUT2D eigenvalue weighted by molar-refractivity contribution is 6.33.